The van der Waals surface area contributed by atoms with Crippen molar-refractivity contribution in [3.63, 3.8) is 0 Å². The zero-order valence-electron chi connectivity index (χ0n) is 18.9. The van der Waals surface area contributed by atoms with Crippen LogP contribution in [0.25, 0.3) is 0 Å². The number of imide groups is 1. The van der Waals surface area contributed by atoms with Gasteiger partial charge >= 0.3 is 0 Å². The Hall–Kier alpha value is -1.74. The van der Waals surface area contributed by atoms with Crippen LogP contribution in [-0.4, -0.2) is 49.2 Å². The molecule has 2 aliphatic rings. The van der Waals surface area contributed by atoms with Gasteiger partial charge in [0.1, 0.15) is 6.04 Å². The summed E-state index contributed by atoms with van der Waals surface area (Å²) in [6.07, 6.45) is 0.882. The summed E-state index contributed by atoms with van der Waals surface area (Å²) in [6, 6.07) is 10.0. The summed E-state index contributed by atoms with van der Waals surface area (Å²) in [7, 11) is 0. The molecule has 1 aliphatic carbocycles. The van der Waals surface area contributed by atoms with E-state index >= 15 is 0 Å². The molecule has 2 fully saturated rings. The minimum Gasteiger partial charge on any atom is -0.292 e. The van der Waals surface area contributed by atoms with Crippen LogP contribution in [0, 0.1) is 18.8 Å². The smallest absolute Gasteiger partial charge is 0.273 e. The molecule has 2 aromatic rings. The average molecular weight is 645 g/mol. The van der Waals surface area contributed by atoms with E-state index in [9.17, 15) is 19.2 Å². The van der Waals surface area contributed by atoms with Crippen molar-refractivity contribution < 1.29 is 19.2 Å². The number of ketones is 1. The molecule has 6 nitrogen and oxygen atoms in total. The number of benzene rings is 2. The van der Waals surface area contributed by atoms with Gasteiger partial charge in [-0.15, -0.1) is 0 Å². The fraction of sp³-hybridized carbons (Fsp3) is 0.360. The van der Waals surface area contributed by atoms with E-state index in [2.05, 4.69) is 31.9 Å². The van der Waals surface area contributed by atoms with Crippen LogP contribution >= 0.6 is 55.1 Å². The van der Waals surface area contributed by atoms with Crippen molar-refractivity contribution in [3.05, 3.63) is 69.2 Å². The topological polar surface area (TPSA) is 74.8 Å². The minimum atomic E-state index is -1.13. The molecule has 1 saturated heterocycles. The van der Waals surface area contributed by atoms with Crippen LogP contribution in [0.4, 0.5) is 0 Å². The standard InChI is InChI=1S/C25H22Br2Cl2N2O4/c1-12-3-5-14(6-4-12)22(32)13(2)30(23(33)15-7-8-20(28)21(29)9-15)31-24(34)16-10-18(26)19(27)11-17(16)25(31)35/h3-9,13,16-19H,10-11H2,1-2H3/t13-,16+,17+,18-,19-/m0/s1. The van der Waals surface area contributed by atoms with Crippen molar-refractivity contribution in [1.82, 2.24) is 10.0 Å². The number of rotatable bonds is 5. The Balaban J connectivity index is 1.76. The fourth-order valence-corrected chi connectivity index (χ4v) is 6.10. The van der Waals surface area contributed by atoms with Gasteiger partial charge < -0.3 is 0 Å². The Bertz CT molecular complexity index is 1180. The Morgan fingerprint density at radius 1 is 0.914 bits per heavy atom. The van der Waals surface area contributed by atoms with E-state index in [0.717, 1.165) is 15.6 Å². The molecule has 10 heteroatoms. The summed E-state index contributed by atoms with van der Waals surface area (Å²) < 4.78 is 0. The molecule has 5 atom stereocenters. The van der Waals surface area contributed by atoms with Crippen LogP contribution in [0.5, 0.6) is 0 Å². The summed E-state index contributed by atoms with van der Waals surface area (Å²) >= 11 is 19.3. The Morgan fingerprint density at radius 2 is 1.43 bits per heavy atom. The number of aryl methyl sites for hydroxylation is 1. The van der Waals surface area contributed by atoms with Gasteiger partial charge in [0.05, 0.1) is 21.9 Å². The lowest BCUT2D eigenvalue weighted by atomic mass is 9.81. The molecule has 4 rings (SSSR count). The maximum Gasteiger partial charge on any atom is 0.273 e. The predicted molar refractivity (Wildman–Crippen MR) is 141 cm³/mol. The van der Waals surface area contributed by atoms with Crippen LogP contribution in [0.3, 0.4) is 0 Å². The third kappa shape index (κ3) is 4.95. The zero-order chi connectivity index (χ0) is 25.6. The highest BCUT2D eigenvalue weighted by Gasteiger charge is 2.55. The number of amides is 3. The molecule has 184 valence electrons. The van der Waals surface area contributed by atoms with Gasteiger partial charge in [-0.3, -0.25) is 19.2 Å². The predicted octanol–water partition coefficient (Wildman–Crippen LogP) is 5.85. The number of halogens is 4. The quantitative estimate of drug-likeness (QED) is 0.233. The summed E-state index contributed by atoms with van der Waals surface area (Å²) in [6.45, 7) is 3.41. The highest BCUT2D eigenvalue weighted by molar-refractivity contribution is 9.12. The maximum atomic E-state index is 13.8. The molecular weight excluding hydrogens is 623 g/mol. The SMILES string of the molecule is Cc1ccc(C(=O)[C@H](C)N(C(=O)c2ccc(Cl)c(Cl)c2)N2C(=O)[C@@H]3C[C@H](Br)[C@@H](Br)C[C@H]3C2=O)cc1. The van der Waals surface area contributed by atoms with Crippen LogP contribution in [0.2, 0.25) is 10.0 Å². The maximum absolute atomic E-state index is 13.8. The number of alkyl halides is 2. The Morgan fingerprint density at radius 3 is 1.94 bits per heavy atom. The number of hydrazine groups is 1. The zero-order valence-corrected chi connectivity index (χ0v) is 23.6. The van der Waals surface area contributed by atoms with Crippen molar-refractivity contribution in [2.75, 3.05) is 0 Å². The van der Waals surface area contributed by atoms with Gasteiger partial charge in [-0.1, -0.05) is 84.9 Å². The number of carbonyl (C=O) groups excluding carboxylic acids is 4. The van der Waals surface area contributed by atoms with Gasteiger partial charge in [0.15, 0.2) is 5.78 Å². The van der Waals surface area contributed by atoms with Gasteiger partial charge in [-0.05, 0) is 44.9 Å². The molecule has 0 N–H and O–H groups in total. The summed E-state index contributed by atoms with van der Waals surface area (Å²) in [5.74, 6) is -3.21. The van der Waals surface area contributed by atoms with Crippen molar-refractivity contribution in [2.24, 2.45) is 11.8 Å². The summed E-state index contributed by atoms with van der Waals surface area (Å²) in [5, 5.41) is 2.26. The van der Waals surface area contributed by atoms with Crippen molar-refractivity contribution in [1.29, 1.82) is 0 Å². The number of hydrogen-bond donors (Lipinski definition) is 0. The number of hydrogen-bond acceptors (Lipinski definition) is 4. The average Bonchev–Trinajstić information content (AvgIpc) is 3.05. The lowest BCUT2D eigenvalue weighted by molar-refractivity contribution is -0.156. The molecule has 1 saturated carbocycles. The van der Waals surface area contributed by atoms with Gasteiger partial charge in [0.2, 0.25) is 0 Å². The van der Waals surface area contributed by atoms with Gasteiger partial charge in [-0.2, -0.15) is 5.01 Å². The van der Waals surface area contributed by atoms with E-state index in [1.807, 2.05) is 6.92 Å². The highest BCUT2D eigenvalue weighted by atomic mass is 79.9. The molecule has 0 unspecified atom stereocenters. The van der Waals surface area contributed by atoms with Crippen molar-refractivity contribution in [3.8, 4) is 0 Å². The first kappa shape index (κ1) is 26.3. The first-order valence-electron chi connectivity index (χ1n) is 11.1. The molecule has 2 aromatic carbocycles. The lowest BCUT2D eigenvalue weighted by Gasteiger charge is -2.34. The molecule has 1 heterocycles. The normalized spacial score (nSPS) is 24.8. The highest BCUT2D eigenvalue weighted by Crippen LogP contribution is 2.44. The molecule has 1 aliphatic heterocycles. The monoisotopic (exact) mass is 642 g/mol. The van der Waals surface area contributed by atoms with Crippen molar-refractivity contribution in [2.45, 2.75) is 42.4 Å². The molecule has 0 aromatic heterocycles. The molecule has 0 bridgehead atoms. The summed E-state index contributed by atoms with van der Waals surface area (Å²) in [5.41, 5.74) is 1.45. The van der Waals surface area contributed by atoms with E-state index in [0.29, 0.717) is 18.4 Å². The van der Waals surface area contributed by atoms with E-state index in [1.54, 1.807) is 24.3 Å². The third-order valence-electron chi connectivity index (χ3n) is 6.56. The van der Waals surface area contributed by atoms with Crippen LogP contribution in [0.1, 0.15) is 46.0 Å². The molecular formula is C25H22Br2Cl2N2O4. The Labute approximate surface area is 230 Å². The minimum absolute atomic E-state index is 0.00582. The van der Waals surface area contributed by atoms with Gasteiger partial charge in [0, 0.05) is 20.8 Å². The van der Waals surface area contributed by atoms with Crippen molar-refractivity contribution >= 4 is 78.6 Å². The molecule has 35 heavy (non-hydrogen) atoms. The first-order chi connectivity index (χ1) is 16.5. The second kappa shape index (κ2) is 10.3. The van der Waals surface area contributed by atoms with Crippen LogP contribution in [-0.2, 0) is 9.59 Å². The molecule has 0 radical (unpaired) electrons. The van der Waals surface area contributed by atoms with E-state index < -0.39 is 41.4 Å². The molecule has 3 amide bonds. The van der Waals surface area contributed by atoms with E-state index in [4.69, 9.17) is 23.2 Å². The number of nitrogens with zero attached hydrogens (tertiary/aromatic N) is 2. The second-order valence-electron chi connectivity index (χ2n) is 8.89. The van der Waals surface area contributed by atoms with E-state index in [1.165, 1.54) is 25.1 Å². The van der Waals surface area contributed by atoms with Gasteiger partial charge in [-0.25, -0.2) is 5.01 Å². The number of Topliss-reactive ketones (excluding diaryl/α,β-unsaturated/α-hetero) is 1. The van der Waals surface area contributed by atoms with Crippen LogP contribution in [0.15, 0.2) is 42.5 Å². The lowest BCUT2D eigenvalue weighted by Crippen LogP contribution is -2.56. The Kier molecular flexibility index (Phi) is 7.77. The van der Waals surface area contributed by atoms with Crippen LogP contribution < -0.4 is 0 Å². The first-order valence-corrected chi connectivity index (χ1v) is 13.6. The van der Waals surface area contributed by atoms with E-state index in [-0.39, 0.29) is 25.3 Å². The van der Waals surface area contributed by atoms with Gasteiger partial charge in [0.25, 0.3) is 17.7 Å². The second-order valence-corrected chi connectivity index (χ2v) is 12.1. The fourth-order valence-electron chi connectivity index (χ4n) is 4.56. The number of fused-ring (bicyclic) bond motifs is 1. The summed E-state index contributed by atoms with van der Waals surface area (Å²) in [4.78, 5) is 54.3. The molecule has 0 spiro atoms. The third-order valence-corrected chi connectivity index (χ3v) is 10.0. The largest absolute Gasteiger partial charge is 0.292 e. The number of carbonyl (C=O) groups is 4.